The Morgan fingerprint density at radius 3 is 1.94 bits per heavy atom. The fraction of sp³-hybridized carbons (Fsp3) is 0.923. The van der Waals surface area contributed by atoms with Gasteiger partial charge in [0.05, 0.1) is 0 Å². The van der Waals surface area contributed by atoms with Gasteiger partial charge in [-0.1, -0.05) is 58.3 Å². The fourth-order valence-corrected chi connectivity index (χ4v) is 3.35. The van der Waals surface area contributed by atoms with Crippen LogP contribution in [-0.4, -0.2) is 14.8 Å². The summed E-state index contributed by atoms with van der Waals surface area (Å²) in [6, 6.07) is 1.11. The van der Waals surface area contributed by atoms with Crippen molar-refractivity contribution >= 4 is 14.8 Å². The van der Waals surface area contributed by atoms with E-state index in [4.69, 9.17) is 4.43 Å². The molecule has 0 unspecified atom stereocenters. The Balaban J connectivity index is 3.23. The summed E-state index contributed by atoms with van der Waals surface area (Å²) >= 11 is 0. The normalized spacial score (nSPS) is 11.4. The third-order valence-corrected chi connectivity index (χ3v) is 5.29. The third-order valence-electron chi connectivity index (χ3n) is 3.00. The van der Waals surface area contributed by atoms with Crippen molar-refractivity contribution in [1.82, 2.24) is 0 Å². The Labute approximate surface area is 102 Å². The molecule has 16 heavy (non-hydrogen) atoms. The molecule has 0 heterocycles. The first-order chi connectivity index (χ1) is 7.62. The average Bonchev–Trinajstić information content (AvgIpc) is 2.22. The summed E-state index contributed by atoms with van der Waals surface area (Å²) in [7, 11) is -1.65. The minimum atomic E-state index is -1.65. The molecule has 0 N–H and O–H groups in total. The standard InChI is InChI=1S/C13H28O2Si/c1-4-5-6-7-8-9-10-11-12-16(2,3)15-13-14/h13H,4-12H2,1-3H3. The second-order valence-electron chi connectivity index (χ2n) is 5.20. The lowest BCUT2D eigenvalue weighted by Gasteiger charge is -2.19. The van der Waals surface area contributed by atoms with E-state index in [0.717, 1.165) is 6.04 Å². The molecule has 0 radical (unpaired) electrons. The SMILES string of the molecule is CCCCCCCCCC[Si](C)(C)OC=O. The molecule has 0 rings (SSSR count). The predicted octanol–water partition coefficient (Wildman–Crippen LogP) is 4.51. The van der Waals surface area contributed by atoms with E-state index in [2.05, 4.69) is 20.0 Å². The van der Waals surface area contributed by atoms with Gasteiger partial charge in [0.25, 0.3) is 6.47 Å². The highest BCUT2D eigenvalue weighted by Crippen LogP contribution is 2.16. The third kappa shape index (κ3) is 10.2. The van der Waals surface area contributed by atoms with E-state index in [9.17, 15) is 4.79 Å². The van der Waals surface area contributed by atoms with Gasteiger partial charge in [0, 0.05) is 0 Å². The molecule has 0 aromatic rings. The lowest BCUT2D eigenvalue weighted by molar-refractivity contribution is -0.121. The van der Waals surface area contributed by atoms with Gasteiger partial charge in [-0.05, 0) is 19.1 Å². The molecule has 3 heteroatoms. The largest absolute Gasteiger partial charge is 0.522 e. The highest BCUT2D eigenvalue weighted by Gasteiger charge is 2.22. The number of carbonyl (C=O) groups is 1. The second kappa shape index (κ2) is 9.88. The van der Waals surface area contributed by atoms with Crippen LogP contribution in [0.1, 0.15) is 58.3 Å². The van der Waals surface area contributed by atoms with Crippen LogP contribution in [0.5, 0.6) is 0 Å². The van der Waals surface area contributed by atoms with E-state index in [0.29, 0.717) is 6.47 Å². The molecule has 0 aromatic heterocycles. The van der Waals surface area contributed by atoms with Gasteiger partial charge in [-0.15, -0.1) is 0 Å². The van der Waals surface area contributed by atoms with E-state index in [1.165, 1.54) is 51.4 Å². The number of unbranched alkanes of at least 4 members (excludes halogenated alkanes) is 7. The van der Waals surface area contributed by atoms with E-state index in [-0.39, 0.29) is 0 Å². The van der Waals surface area contributed by atoms with Gasteiger partial charge in [-0.3, -0.25) is 4.79 Å². The molecule has 0 amide bonds. The van der Waals surface area contributed by atoms with Gasteiger partial charge in [-0.25, -0.2) is 0 Å². The zero-order valence-corrected chi connectivity index (χ0v) is 12.3. The maximum Gasteiger partial charge on any atom is 0.279 e. The quantitative estimate of drug-likeness (QED) is 0.304. The van der Waals surface area contributed by atoms with Gasteiger partial charge < -0.3 is 4.43 Å². The maximum atomic E-state index is 10.3. The summed E-state index contributed by atoms with van der Waals surface area (Å²) in [5, 5.41) is 0. The Morgan fingerprint density at radius 1 is 0.938 bits per heavy atom. The topological polar surface area (TPSA) is 26.3 Å². The van der Waals surface area contributed by atoms with Crippen LogP contribution in [0.2, 0.25) is 19.1 Å². The van der Waals surface area contributed by atoms with E-state index in [1.807, 2.05) is 0 Å². The van der Waals surface area contributed by atoms with Gasteiger partial charge in [0.15, 0.2) is 0 Å². The van der Waals surface area contributed by atoms with Crippen LogP contribution in [0, 0.1) is 0 Å². The summed E-state index contributed by atoms with van der Waals surface area (Å²) in [6.07, 6.45) is 10.7. The first-order valence-electron chi connectivity index (χ1n) is 6.74. The lowest BCUT2D eigenvalue weighted by atomic mass is 10.1. The van der Waals surface area contributed by atoms with Crippen LogP contribution < -0.4 is 0 Å². The predicted molar refractivity (Wildman–Crippen MR) is 72.0 cm³/mol. The van der Waals surface area contributed by atoms with Crippen molar-refractivity contribution in [3.63, 3.8) is 0 Å². The zero-order valence-electron chi connectivity index (χ0n) is 11.3. The van der Waals surface area contributed by atoms with Crippen molar-refractivity contribution in [2.24, 2.45) is 0 Å². The zero-order chi connectivity index (χ0) is 12.3. The first-order valence-corrected chi connectivity index (χ1v) is 9.85. The molecule has 2 nitrogen and oxygen atoms in total. The monoisotopic (exact) mass is 244 g/mol. The van der Waals surface area contributed by atoms with Crippen LogP contribution in [-0.2, 0) is 9.22 Å². The van der Waals surface area contributed by atoms with E-state index in [1.54, 1.807) is 0 Å². The van der Waals surface area contributed by atoms with Crippen molar-refractivity contribution in [1.29, 1.82) is 0 Å². The lowest BCUT2D eigenvalue weighted by Crippen LogP contribution is -2.29. The highest BCUT2D eigenvalue weighted by molar-refractivity contribution is 6.72. The molecular weight excluding hydrogens is 216 g/mol. The molecule has 0 fully saturated rings. The second-order valence-corrected chi connectivity index (χ2v) is 9.45. The number of rotatable bonds is 11. The summed E-state index contributed by atoms with van der Waals surface area (Å²) in [5.74, 6) is 0. The van der Waals surface area contributed by atoms with Crippen molar-refractivity contribution in [2.75, 3.05) is 0 Å². The molecule has 0 saturated carbocycles. The van der Waals surface area contributed by atoms with Crippen molar-refractivity contribution < 1.29 is 9.22 Å². The van der Waals surface area contributed by atoms with E-state index < -0.39 is 8.32 Å². The molecule has 0 spiro atoms. The van der Waals surface area contributed by atoms with Gasteiger partial charge in [0.2, 0.25) is 8.32 Å². The van der Waals surface area contributed by atoms with Gasteiger partial charge in [0.1, 0.15) is 0 Å². The Bertz CT molecular complexity index is 169. The van der Waals surface area contributed by atoms with Crippen molar-refractivity contribution in [3.05, 3.63) is 0 Å². The van der Waals surface area contributed by atoms with Crippen LogP contribution >= 0.6 is 0 Å². The summed E-state index contributed by atoms with van der Waals surface area (Å²) in [6.45, 7) is 7.10. The number of hydrogen-bond acceptors (Lipinski definition) is 2. The van der Waals surface area contributed by atoms with Crippen LogP contribution in [0.4, 0.5) is 0 Å². The van der Waals surface area contributed by atoms with Gasteiger partial charge in [-0.2, -0.15) is 0 Å². The first kappa shape index (κ1) is 15.7. The van der Waals surface area contributed by atoms with Crippen molar-refractivity contribution in [3.8, 4) is 0 Å². The highest BCUT2D eigenvalue weighted by atomic mass is 28.4. The maximum absolute atomic E-state index is 10.3. The molecular formula is C13H28O2Si. The minimum absolute atomic E-state index is 0.622. The van der Waals surface area contributed by atoms with E-state index >= 15 is 0 Å². The minimum Gasteiger partial charge on any atom is -0.522 e. The molecule has 0 saturated heterocycles. The summed E-state index contributed by atoms with van der Waals surface area (Å²) in [5.41, 5.74) is 0. The summed E-state index contributed by atoms with van der Waals surface area (Å²) < 4.78 is 5.15. The smallest absolute Gasteiger partial charge is 0.279 e. The Morgan fingerprint density at radius 2 is 1.44 bits per heavy atom. The number of hydrogen-bond donors (Lipinski definition) is 0. The van der Waals surface area contributed by atoms with Crippen LogP contribution in [0.25, 0.3) is 0 Å². The molecule has 0 aliphatic carbocycles. The van der Waals surface area contributed by atoms with Crippen LogP contribution in [0.3, 0.4) is 0 Å². The average molecular weight is 244 g/mol. The van der Waals surface area contributed by atoms with Gasteiger partial charge >= 0.3 is 0 Å². The van der Waals surface area contributed by atoms with Crippen LogP contribution in [0.15, 0.2) is 0 Å². The molecule has 0 bridgehead atoms. The molecule has 96 valence electrons. The number of carbonyl (C=O) groups excluding carboxylic acids is 1. The fourth-order valence-electron chi connectivity index (χ4n) is 1.87. The molecule has 0 aliphatic heterocycles. The van der Waals surface area contributed by atoms with Crippen molar-refractivity contribution in [2.45, 2.75) is 77.4 Å². The Kier molecular flexibility index (Phi) is 9.69. The Hall–Kier alpha value is -0.313. The molecule has 0 aliphatic rings. The molecule has 0 atom stereocenters. The summed E-state index contributed by atoms with van der Waals surface area (Å²) in [4.78, 5) is 10.3. The molecule has 0 aromatic carbocycles.